The summed E-state index contributed by atoms with van der Waals surface area (Å²) < 4.78 is 0. The second kappa shape index (κ2) is 8.16. The first-order chi connectivity index (χ1) is 13.3. The van der Waals surface area contributed by atoms with Crippen LogP contribution in [0.15, 0.2) is 60.7 Å². The molecule has 1 aromatic heterocycles. The van der Waals surface area contributed by atoms with Crippen LogP contribution in [0.1, 0.15) is 32.6 Å². The van der Waals surface area contributed by atoms with Crippen LogP contribution in [0.3, 0.4) is 0 Å². The summed E-state index contributed by atoms with van der Waals surface area (Å²) in [5, 5.41) is 6.87. The lowest BCUT2D eigenvalue weighted by Crippen LogP contribution is -2.31. The lowest BCUT2D eigenvalue weighted by atomic mass is 9.86. The first kappa shape index (κ1) is 17.5. The van der Waals surface area contributed by atoms with E-state index in [-0.39, 0.29) is 0 Å². The molecule has 2 N–H and O–H groups in total. The van der Waals surface area contributed by atoms with Gasteiger partial charge in [-0.15, -0.1) is 0 Å². The van der Waals surface area contributed by atoms with Crippen molar-refractivity contribution in [1.29, 1.82) is 0 Å². The Bertz CT molecular complexity index is 866. The van der Waals surface area contributed by atoms with Crippen molar-refractivity contribution in [2.45, 2.75) is 38.6 Å². The highest BCUT2D eigenvalue weighted by atomic mass is 15.2. The van der Waals surface area contributed by atoms with E-state index in [1.807, 2.05) is 60.7 Å². The molecule has 3 aromatic rings. The van der Waals surface area contributed by atoms with Gasteiger partial charge in [0.25, 0.3) is 0 Å². The molecular formula is C22H25N5. The summed E-state index contributed by atoms with van der Waals surface area (Å²) in [5.74, 6) is 2.50. The molecule has 1 heterocycles. The maximum absolute atomic E-state index is 4.70. The van der Waals surface area contributed by atoms with Crippen LogP contribution in [0.25, 0.3) is 11.4 Å². The molecule has 0 saturated heterocycles. The van der Waals surface area contributed by atoms with E-state index in [0.717, 1.165) is 17.7 Å². The third kappa shape index (κ3) is 4.42. The summed E-state index contributed by atoms with van der Waals surface area (Å²) in [5.41, 5.74) is 1.94. The number of hydrogen-bond donors (Lipinski definition) is 2. The summed E-state index contributed by atoms with van der Waals surface area (Å²) in [7, 11) is 0. The van der Waals surface area contributed by atoms with Crippen LogP contribution >= 0.6 is 0 Å². The van der Waals surface area contributed by atoms with Crippen molar-refractivity contribution in [3.63, 3.8) is 0 Å². The van der Waals surface area contributed by atoms with Crippen LogP contribution in [0.4, 0.5) is 17.6 Å². The van der Waals surface area contributed by atoms with Crippen molar-refractivity contribution in [1.82, 2.24) is 15.0 Å². The molecule has 5 nitrogen and oxygen atoms in total. The highest BCUT2D eigenvalue weighted by Gasteiger charge is 2.22. The van der Waals surface area contributed by atoms with Crippen LogP contribution in [0.2, 0.25) is 0 Å². The Kier molecular flexibility index (Phi) is 5.28. The number of anilines is 3. The molecule has 5 heteroatoms. The zero-order valence-corrected chi connectivity index (χ0v) is 15.6. The van der Waals surface area contributed by atoms with E-state index in [2.05, 4.69) is 27.5 Å². The predicted molar refractivity (Wildman–Crippen MR) is 110 cm³/mol. The topological polar surface area (TPSA) is 62.7 Å². The van der Waals surface area contributed by atoms with Gasteiger partial charge in [0.05, 0.1) is 0 Å². The number of hydrogen-bond acceptors (Lipinski definition) is 5. The zero-order valence-electron chi connectivity index (χ0n) is 15.6. The summed E-state index contributed by atoms with van der Waals surface area (Å²) in [6.45, 7) is 2.30. The molecule has 0 spiro atoms. The van der Waals surface area contributed by atoms with Crippen LogP contribution in [-0.4, -0.2) is 21.0 Å². The summed E-state index contributed by atoms with van der Waals surface area (Å²) in [6, 6.07) is 20.4. The number of nitrogens with one attached hydrogen (secondary N) is 2. The Morgan fingerprint density at radius 2 is 1.44 bits per heavy atom. The average Bonchev–Trinajstić information content (AvgIpc) is 2.71. The van der Waals surface area contributed by atoms with Gasteiger partial charge in [0, 0.05) is 17.3 Å². The molecule has 2 aromatic carbocycles. The first-order valence-corrected chi connectivity index (χ1v) is 9.68. The Morgan fingerprint density at radius 3 is 2.19 bits per heavy atom. The highest BCUT2D eigenvalue weighted by molar-refractivity contribution is 5.60. The van der Waals surface area contributed by atoms with E-state index < -0.39 is 0 Å². The molecule has 0 unspecified atom stereocenters. The van der Waals surface area contributed by atoms with Crippen LogP contribution < -0.4 is 10.6 Å². The SMILES string of the molecule is C[C@@H]1CCCC[C@H]1Nc1nc(Nc2ccccc2)nc(-c2ccccc2)n1. The van der Waals surface area contributed by atoms with Gasteiger partial charge in [-0.1, -0.05) is 68.3 Å². The maximum Gasteiger partial charge on any atom is 0.232 e. The van der Waals surface area contributed by atoms with Gasteiger partial charge in [-0.3, -0.25) is 0 Å². The van der Waals surface area contributed by atoms with Crippen molar-refractivity contribution >= 4 is 17.6 Å². The standard InChI is InChI=1S/C22H25N5/c1-16-10-8-9-15-19(16)24-22-26-20(17-11-4-2-5-12-17)25-21(27-22)23-18-13-6-3-7-14-18/h2-7,11-14,16,19H,8-10,15H2,1H3,(H2,23,24,25,26,27)/t16-,19-/m1/s1. The molecule has 0 amide bonds. The Hall–Kier alpha value is -2.95. The van der Waals surface area contributed by atoms with Crippen LogP contribution in [0.5, 0.6) is 0 Å². The van der Waals surface area contributed by atoms with Gasteiger partial charge in [-0.05, 0) is 30.9 Å². The van der Waals surface area contributed by atoms with Crippen LogP contribution in [-0.2, 0) is 0 Å². The smallest absolute Gasteiger partial charge is 0.232 e. The van der Waals surface area contributed by atoms with Gasteiger partial charge < -0.3 is 10.6 Å². The Labute approximate surface area is 160 Å². The molecule has 1 aliphatic rings. The lowest BCUT2D eigenvalue weighted by molar-refractivity contribution is 0.348. The quantitative estimate of drug-likeness (QED) is 0.649. The van der Waals surface area contributed by atoms with E-state index in [0.29, 0.717) is 29.7 Å². The van der Waals surface area contributed by atoms with Crippen molar-refractivity contribution in [2.24, 2.45) is 5.92 Å². The molecule has 4 rings (SSSR count). The average molecular weight is 359 g/mol. The van der Waals surface area contributed by atoms with Gasteiger partial charge in [0.15, 0.2) is 5.82 Å². The van der Waals surface area contributed by atoms with E-state index >= 15 is 0 Å². The monoisotopic (exact) mass is 359 g/mol. The van der Waals surface area contributed by atoms with Crippen LogP contribution in [0, 0.1) is 5.92 Å². The maximum atomic E-state index is 4.70. The third-order valence-electron chi connectivity index (χ3n) is 5.12. The van der Waals surface area contributed by atoms with E-state index in [9.17, 15) is 0 Å². The van der Waals surface area contributed by atoms with E-state index in [1.165, 1.54) is 19.3 Å². The van der Waals surface area contributed by atoms with E-state index in [1.54, 1.807) is 0 Å². The molecule has 1 fully saturated rings. The van der Waals surface area contributed by atoms with Gasteiger partial charge in [0.1, 0.15) is 0 Å². The molecule has 138 valence electrons. The second-order valence-corrected chi connectivity index (χ2v) is 7.18. The fourth-order valence-corrected chi connectivity index (χ4v) is 3.56. The van der Waals surface area contributed by atoms with Crippen molar-refractivity contribution < 1.29 is 0 Å². The molecule has 0 bridgehead atoms. The first-order valence-electron chi connectivity index (χ1n) is 9.68. The summed E-state index contributed by atoms with van der Waals surface area (Å²) >= 11 is 0. The van der Waals surface area contributed by atoms with Gasteiger partial charge >= 0.3 is 0 Å². The van der Waals surface area contributed by atoms with Gasteiger partial charge in [-0.2, -0.15) is 15.0 Å². The predicted octanol–water partition coefficient (Wildman–Crippen LogP) is 5.27. The van der Waals surface area contributed by atoms with E-state index in [4.69, 9.17) is 4.98 Å². The largest absolute Gasteiger partial charge is 0.351 e. The summed E-state index contributed by atoms with van der Waals surface area (Å²) in [6.07, 6.45) is 4.98. The molecule has 2 atom stereocenters. The Balaban J connectivity index is 1.65. The van der Waals surface area contributed by atoms with Crippen molar-refractivity contribution in [3.05, 3.63) is 60.7 Å². The summed E-state index contributed by atoms with van der Waals surface area (Å²) in [4.78, 5) is 14.0. The van der Waals surface area contributed by atoms with Gasteiger partial charge in [0.2, 0.25) is 11.9 Å². The number of nitrogens with zero attached hydrogens (tertiary/aromatic N) is 3. The highest BCUT2D eigenvalue weighted by Crippen LogP contribution is 2.27. The normalized spacial score (nSPS) is 19.4. The lowest BCUT2D eigenvalue weighted by Gasteiger charge is -2.29. The molecular weight excluding hydrogens is 334 g/mol. The Morgan fingerprint density at radius 1 is 0.778 bits per heavy atom. The third-order valence-corrected chi connectivity index (χ3v) is 5.12. The molecule has 1 aliphatic carbocycles. The molecule has 0 radical (unpaired) electrons. The minimum atomic E-state index is 0.411. The second-order valence-electron chi connectivity index (χ2n) is 7.18. The molecule has 27 heavy (non-hydrogen) atoms. The molecule has 0 aliphatic heterocycles. The number of benzene rings is 2. The zero-order chi connectivity index (χ0) is 18.5. The molecule has 1 saturated carbocycles. The van der Waals surface area contributed by atoms with Crippen molar-refractivity contribution in [3.8, 4) is 11.4 Å². The fourth-order valence-electron chi connectivity index (χ4n) is 3.56. The number of para-hydroxylation sites is 1. The fraction of sp³-hybridized carbons (Fsp3) is 0.318. The minimum absolute atomic E-state index is 0.411. The van der Waals surface area contributed by atoms with Gasteiger partial charge in [-0.25, -0.2) is 0 Å². The minimum Gasteiger partial charge on any atom is -0.351 e. The van der Waals surface area contributed by atoms with Crippen molar-refractivity contribution in [2.75, 3.05) is 10.6 Å². The number of aromatic nitrogens is 3. The number of rotatable bonds is 5.